The molecule has 1 aliphatic rings. The van der Waals surface area contributed by atoms with Crippen LogP contribution in [0.1, 0.15) is 17.3 Å². The molecule has 0 bridgehead atoms. The van der Waals surface area contributed by atoms with Crippen molar-refractivity contribution < 1.29 is 29.0 Å². The number of rotatable bonds is 6. The lowest BCUT2D eigenvalue weighted by atomic mass is 10.2. The minimum Gasteiger partial charge on any atom is -0.478 e. The first-order chi connectivity index (χ1) is 10.9. The molecule has 23 heavy (non-hydrogen) atoms. The van der Waals surface area contributed by atoms with E-state index in [0.717, 1.165) is 16.7 Å². The van der Waals surface area contributed by atoms with E-state index in [1.165, 1.54) is 24.3 Å². The highest BCUT2D eigenvalue weighted by Gasteiger charge is 2.40. The van der Waals surface area contributed by atoms with Crippen LogP contribution in [0.25, 0.3) is 0 Å². The standard InChI is InChI=1S/C14H14N2O6S/c1-2-22-10(17)7-16-12(18)11(23-14(16)21)15-9-5-3-8(4-6-9)13(19)20/h3-6,11,15H,2,7H2,1H3,(H,19,20)/t11-/m1/s1. The van der Waals surface area contributed by atoms with Gasteiger partial charge in [0.1, 0.15) is 6.54 Å². The Kier molecular flexibility index (Phi) is 5.22. The molecule has 0 saturated carbocycles. The van der Waals surface area contributed by atoms with Gasteiger partial charge in [-0.25, -0.2) is 4.79 Å². The van der Waals surface area contributed by atoms with Gasteiger partial charge < -0.3 is 15.2 Å². The van der Waals surface area contributed by atoms with Crippen molar-refractivity contribution in [1.82, 2.24) is 4.90 Å². The third kappa shape index (κ3) is 4.01. The molecule has 1 aromatic carbocycles. The van der Waals surface area contributed by atoms with Crippen LogP contribution >= 0.6 is 11.8 Å². The Labute approximate surface area is 135 Å². The normalized spacial score (nSPS) is 17.3. The maximum Gasteiger partial charge on any atom is 0.335 e. The van der Waals surface area contributed by atoms with Gasteiger partial charge in [-0.15, -0.1) is 0 Å². The third-order valence-corrected chi connectivity index (χ3v) is 3.93. The predicted octanol–water partition coefficient (Wildman–Crippen LogP) is 1.38. The fourth-order valence-electron chi connectivity index (χ4n) is 1.88. The zero-order valence-electron chi connectivity index (χ0n) is 12.1. The van der Waals surface area contributed by atoms with E-state index >= 15 is 0 Å². The fourth-order valence-corrected chi connectivity index (χ4v) is 2.78. The second-order valence-corrected chi connectivity index (χ2v) is 5.58. The van der Waals surface area contributed by atoms with E-state index in [0.29, 0.717) is 5.69 Å². The number of benzene rings is 1. The number of aromatic carboxylic acids is 1. The van der Waals surface area contributed by atoms with Crippen molar-refractivity contribution in [3.8, 4) is 0 Å². The molecule has 1 saturated heterocycles. The summed E-state index contributed by atoms with van der Waals surface area (Å²) in [6.45, 7) is 1.37. The number of carboxylic acid groups (broad SMARTS) is 1. The van der Waals surface area contributed by atoms with Crippen LogP contribution in [0.15, 0.2) is 24.3 Å². The van der Waals surface area contributed by atoms with Crippen LogP contribution in [0.4, 0.5) is 10.5 Å². The summed E-state index contributed by atoms with van der Waals surface area (Å²) in [5.74, 6) is -2.25. The van der Waals surface area contributed by atoms with E-state index in [9.17, 15) is 19.2 Å². The smallest absolute Gasteiger partial charge is 0.335 e. The van der Waals surface area contributed by atoms with E-state index in [-0.39, 0.29) is 12.2 Å². The Morgan fingerprint density at radius 3 is 2.52 bits per heavy atom. The summed E-state index contributed by atoms with van der Waals surface area (Å²) in [5, 5.41) is 10.2. The van der Waals surface area contributed by atoms with E-state index < -0.39 is 35.0 Å². The van der Waals surface area contributed by atoms with Crippen LogP contribution in [-0.2, 0) is 14.3 Å². The second-order valence-electron chi connectivity index (χ2n) is 4.52. The summed E-state index contributed by atoms with van der Waals surface area (Å²) in [6, 6.07) is 5.76. The molecule has 0 aromatic heterocycles. The number of amides is 2. The fraction of sp³-hybridized carbons (Fsp3) is 0.286. The van der Waals surface area contributed by atoms with Crippen molar-refractivity contribution >= 4 is 40.5 Å². The van der Waals surface area contributed by atoms with Crippen molar-refractivity contribution in [3.63, 3.8) is 0 Å². The Hall–Kier alpha value is -2.55. The van der Waals surface area contributed by atoms with Crippen molar-refractivity contribution in [1.29, 1.82) is 0 Å². The summed E-state index contributed by atoms with van der Waals surface area (Å²) in [6.07, 6.45) is 0. The van der Waals surface area contributed by atoms with E-state index in [4.69, 9.17) is 9.84 Å². The highest BCUT2D eigenvalue weighted by Crippen LogP contribution is 2.28. The number of thioether (sulfide) groups is 1. The highest BCUT2D eigenvalue weighted by atomic mass is 32.2. The van der Waals surface area contributed by atoms with Crippen LogP contribution in [0, 0.1) is 0 Å². The van der Waals surface area contributed by atoms with Crippen LogP contribution < -0.4 is 5.32 Å². The number of nitrogens with zero attached hydrogens (tertiary/aromatic N) is 1. The number of carbonyl (C=O) groups excluding carboxylic acids is 3. The SMILES string of the molecule is CCOC(=O)CN1C(=O)S[C@@H](Nc2ccc(C(=O)O)cc2)C1=O. The van der Waals surface area contributed by atoms with E-state index in [1.807, 2.05) is 0 Å². The summed E-state index contributed by atoms with van der Waals surface area (Å²) >= 11 is 0.749. The summed E-state index contributed by atoms with van der Waals surface area (Å²) in [7, 11) is 0. The average molecular weight is 338 g/mol. The molecule has 1 aromatic rings. The van der Waals surface area contributed by atoms with Crippen LogP contribution in [0.5, 0.6) is 0 Å². The van der Waals surface area contributed by atoms with Gasteiger partial charge in [-0.1, -0.05) is 0 Å². The Morgan fingerprint density at radius 1 is 1.30 bits per heavy atom. The third-order valence-electron chi connectivity index (χ3n) is 2.95. The van der Waals surface area contributed by atoms with Gasteiger partial charge in [0.15, 0.2) is 5.37 Å². The maximum atomic E-state index is 12.2. The lowest BCUT2D eigenvalue weighted by molar-refractivity contribution is -0.146. The molecule has 0 radical (unpaired) electrons. The number of esters is 1. The molecular weight excluding hydrogens is 324 g/mol. The Morgan fingerprint density at radius 2 is 1.96 bits per heavy atom. The van der Waals surface area contributed by atoms with Gasteiger partial charge in [0, 0.05) is 5.69 Å². The van der Waals surface area contributed by atoms with Crippen molar-refractivity contribution in [2.24, 2.45) is 0 Å². The number of anilines is 1. The number of ether oxygens (including phenoxy) is 1. The van der Waals surface area contributed by atoms with E-state index in [2.05, 4.69) is 5.32 Å². The van der Waals surface area contributed by atoms with Gasteiger partial charge in [-0.2, -0.15) is 0 Å². The molecular formula is C14H14N2O6S. The quantitative estimate of drug-likeness (QED) is 0.748. The number of hydrogen-bond donors (Lipinski definition) is 2. The predicted molar refractivity (Wildman–Crippen MR) is 82.1 cm³/mol. The number of carboxylic acids is 1. The van der Waals surface area contributed by atoms with Gasteiger partial charge in [0.05, 0.1) is 12.2 Å². The molecule has 8 nitrogen and oxygen atoms in total. The van der Waals surface area contributed by atoms with Crippen LogP contribution in [-0.4, -0.2) is 51.6 Å². The molecule has 0 unspecified atom stereocenters. The van der Waals surface area contributed by atoms with Crippen LogP contribution in [0.3, 0.4) is 0 Å². The van der Waals surface area contributed by atoms with Gasteiger partial charge in [-0.3, -0.25) is 19.3 Å². The lowest BCUT2D eigenvalue weighted by Gasteiger charge is -2.14. The molecule has 0 spiro atoms. The molecule has 1 fully saturated rings. The van der Waals surface area contributed by atoms with Gasteiger partial charge in [0.25, 0.3) is 11.1 Å². The zero-order valence-corrected chi connectivity index (χ0v) is 13.0. The first kappa shape index (κ1) is 16.8. The molecule has 1 heterocycles. The molecule has 1 atom stereocenters. The van der Waals surface area contributed by atoms with Crippen molar-refractivity contribution in [2.45, 2.75) is 12.3 Å². The maximum absolute atomic E-state index is 12.2. The molecule has 2 N–H and O–H groups in total. The Bertz CT molecular complexity index is 645. The number of carbonyl (C=O) groups is 4. The molecule has 9 heteroatoms. The molecule has 122 valence electrons. The summed E-state index contributed by atoms with van der Waals surface area (Å²) in [5.41, 5.74) is 0.604. The number of nitrogens with one attached hydrogen (secondary N) is 1. The van der Waals surface area contributed by atoms with E-state index in [1.54, 1.807) is 6.92 Å². The average Bonchev–Trinajstić information content (AvgIpc) is 2.76. The molecule has 2 rings (SSSR count). The van der Waals surface area contributed by atoms with Gasteiger partial charge in [-0.05, 0) is 43.0 Å². The summed E-state index contributed by atoms with van der Waals surface area (Å²) < 4.78 is 4.72. The second kappa shape index (κ2) is 7.14. The zero-order chi connectivity index (χ0) is 17.0. The molecule has 0 aliphatic carbocycles. The first-order valence-corrected chi connectivity index (χ1v) is 7.58. The summed E-state index contributed by atoms with van der Waals surface area (Å²) in [4.78, 5) is 47.0. The minimum atomic E-state index is -1.06. The van der Waals surface area contributed by atoms with Crippen molar-refractivity contribution in [3.05, 3.63) is 29.8 Å². The molecule has 1 aliphatic heterocycles. The number of imide groups is 1. The topological polar surface area (TPSA) is 113 Å². The Balaban J connectivity index is 2.01. The van der Waals surface area contributed by atoms with Gasteiger partial charge in [0.2, 0.25) is 0 Å². The van der Waals surface area contributed by atoms with Gasteiger partial charge >= 0.3 is 11.9 Å². The monoisotopic (exact) mass is 338 g/mol. The van der Waals surface area contributed by atoms with Crippen LogP contribution in [0.2, 0.25) is 0 Å². The molecule has 2 amide bonds. The number of hydrogen-bond acceptors (Lipinski definition) is 7. The largest absolute Gasteiger partial charge is 0.478 e. The lowest BCUT2D eigenvalue weighted by Crippen LogP contribution is -2.38. The highest BCUT2D eigenvalue weighted by molar-refractivity contribution is 8.15. The minimum absolute atomic E-state index is 0.112. The van der Waals surface area contributed by atoms with Crippen molar-refractivity contribution in [2.75, 3.05) is 18.5 Å². The first-order valence-electron chi connectivity index (χ1n) is 6.70.